The van der Waals surface area contributed by atoms with Gasteiger partial charge in [0.2, 0.25) is 0 Å². The van der Waals surface area contributed by atoms with Gasteiger partial charge >= 0.3 is 0 Å². The molecule has 3 aromatic rings. The number of rotatable bonds is 1. The SMILES string of the molecule is Nc1ccc(-c2nnc3cccnn23)cc1F. The van der Waals surface area contributed by atoms with Crippen LogP contribution in [0.1, 0.15) is 0 Å². The average molecular weight is 229 g/mol. The Morgan fingerprint density at radius 2 is 2.06 bits per heavy atom. The van der Waals surface area contributed by atoms with Gasteiger partial charge < -0.3 is 5.73 Å². The molecule has 0 saturated carbocycles. The second-order valence-electron chi connectivity index (χ2n) is 3.55. The second kappa shape index (κ2) is 3.51. The van der Waals surface area contributed by atoms with Crippen LogP contribution >= 0.6 is 0 Å². The van der Waals surface area contributed by atoms with Crippen molar-refractivity contribution in [3.63, 3.8) is 0 Å². The maximum absolute atomic E-state index is 13.4. The maximum atomic E-state index is 13.4. The fraction of sp³-hybridized carbons (Fsp3) is 0. The van der Waals surface area contributed by atoms with E-state index < -0.39 is 5.82 Å². The molecule has 17 heavy (non-hydrogen) atoms. The molecular weight excluding hydrogens is 221 g/mol. The number of nitrogens with zero attached hydrogens (tertiary/aromatic N) is 4. The van der Waals surface area contributed by atoms with E-state index in [2.05, 4.69) is 15.3 Å². The van der Waals surface area contributed by atoms with Crippen molar-refractivity contribution in [1.82, 2.24) is 19.8 Å². The predicted octanol–water partition coefficient (Wildman–Crippen LogP) is 1.51. The third kappa shape index (κ3) is 1.50. The van der Waals surface area contributed by atoms with E-state index in [9.17, 15) is 4.39 Å². The Balaban J connectivity index is 2.24. The third-order valence-electron chi connectivity index (χ3n) is 2.44. The summed E-state index contributed by atoms with van der Waals surface area (Å²) in [5, 5.41) is 12.0. The van der Waals surface area contributed by atoms with E-state index in [-0.39, 0.29) is 5.69 Å². The minimum atomic E-state index is -0.477. The molecule has 0 saturated heterocycles. The topological polar surface area (TPSA) is 69.1 Å². The van der Waals surface area contributed by atoms with Gasteiger partial charge in [0.25, 0.3) is 0 Å². The summed E-state index contributed by atoms with van der Waals surface area (Å²) < 4.78 is 14.9. The molecule has 84 valence electrons. The number of nitrogen functional groups attached to an aromatic ring is 1. The van der Waals surface area contributed by atoms with E-state index in [1.165, 1.54) is 12.1 Å². The van der Waals surface area contributed by atoms with Gasteiger partial charge in [-0.15, -0.1) is 10.2 Å². The summed E-state index contributed by atoms with van der Waals surface area (Å²) in [6.07, 6.45) is 1.62. The van der Waals surface area contributed by atoms with Crippen LogP contribution in [0.4, 0.5) is 10.1 Å². The highest BCUT2D eigenvalue weighted by Crippen LogP contribution is 2.21. The van der Waals surface area contributed by atoms with Crippen molar-refractivity contribution in [3.05, 3.63) is 42.3 Å². The minimum Gasteiger partial charge on any atom is -0.396 e. The zero-order chi connectivity index (χ0) is 11.8. The first-order valence-corrected chi connectivity index (χ1v) is 4.97. The summed E-state index contributed by atoms with van der Waals surface area (Å²) in [4.78, 5) is 0. The molecule has 2 aromatic heterocycles. The third-order valence-corrected chi connectivity index (χ3v) is 2.44. The van der Waals surface area contributed by atoms with E-state index in [0.717, 1.165) is 0 Å². The lowest BCUT2D eigenvalue weighted by Crippen LogP contribution is -1.95. The number of halogens is 1. The summed E-state index contributed by atoms with van der Waals surface area (Å²) in [5.41, 5.74) is 6.73. The van der Waals surface area contributed by atoms with Crippen LogP contribution < -0.4 is 5.73 Å². The summed E-state index contributed by atoms with van der Waals surface area (Å²) in [6.45, 7) is 0. The number of hydrogen-bond donors (Lipinski definition) is 1. The van der Waals surface area contributed by atoms with E-state index in [1.54, 1.807) is 28.9 Å². The minimum absolute atomic E-state index is 0.107. The van der Waals surface area contributed by atoms with Crippen molar-refractivity contribution in [2.75, 3.05) is 5.73 Å². The molecule has 0 spiro atoms. The first kappa shape index (κ1) is 9.71. The van der Waals surface area contributed by atoms with Crippen molar-refractivity contribution >= 4 is 11.3 Å². The van der Waals surface area contributed by atoms with Gasteiger partial charge in [-0.05, 0) is 30.3 Å². The van der Waals surface area contributed by atoms with Gasteiger partial charge in [-0.3, -0.25) is 0 Å². The van der Waals surface area contributed by atoms with Crippen LogP contribution in [0.3, 0.4) is 0 Å². The highest BCUT2D eigenvalue weighted by Gasteiger charge is 2.10. The first-order valence-electron chi connectivity index (χ1n) is 4.97. The van der Waals surface area contributed by atoms with Crippen molar-refractivity contribution in [1.29, 1.82) is 0 Å². The van der Waals surface area contributed by atoms with E-state index in [0.29, 0.717) is 17.0 Å². The Labute approximate surface area is 95.7 Å². The molecule has 0 amide bonds. The summed E-state index contributed by atoms with van der Waals surface area (Å²) in [5.74, 6) is 0.00896. The second-order valence-corrected chi connectivity index (χ2v) is 3.55. The smallest absolute Gasteiger partial charge is 0.185 e. The molecule has 3 rings (SSSR count). The van der Waals surface area contributed by atoms with Crippen LogP contribution in [0.15, 0.2) is 36.5 Å². The monoisotopic (exact) mass is 229 g/mol. The zero-order valence-electron chi connectivity index (χ0n) is 8.71. The van der Waals surface area contributed by atoms with Gasteiger partial charge in [0.05, 0.1) is 5.69 Å². The standard InChI is InChI=1S/C11H8FN5/c12-8-6-7(3-4-9(8)13)11-16-15-10-2-1-5-14-17(10)11/h1-6H,13H2. The lowest BCUT2D eigenvalue weighted by molar-refractivity contribution is 0.632. The zero-order valence-corrected chi connectivity index (χ0v) is 8.71. The van der Waals surface area contributed by atoms with E-state index in [4.69, 9.17) is 5.73 Å². The van der Waals surface area contributed by atoms with E-state index >= 15 is 0 Å². The highest BCUT2D eigenvalue weighted by molar-refractivity contribution is 5.61. The molecule has 2 N–H and O–H groups in total. The fourth-order valence-electron chi connectivity index (χ4n) is 1.59. The predicted molar refractivity (Wildman–Crippen MR) is 60.6 cm³/mol. The molecular formula is C11H8FN5. The Kier molecular flexibility index (Phi) is 2.01. The molecule has 0 unspecified atom stereocenters. The number of benzene rings is 1. The largest absolute Gasteiger partial charge is 0.396 e. The van der Waals surface area contributed by atoms with Gasteiger partial charge in [0.1, 0.15) is 5.82 Å². The molecule has 0 radical (unpaired) electrons. The molecule has 0 atom stereocenters. The van der Waals surface area contributed by atoms with Crippen LogP contribution in [0, 0.1) is 5.82 Å². The van der Waals surface area contributed by atoms with E-state index in [1.807, 2.05) is 0 Å². The normalized spacial score (nSPS) is 10.9. The van der Waals surface area contributed by atoms with Crippen LogP contribution in [0.25, 0.3) is 17.0 Å². The quantitative estimate of drug-likeness (QED) is 0.642. The molecule has 5 nitrogen and oxygen atoms in total. The number of nitrogens with two attached hydrogens (primary N) is 1. The molecule has 0 bridgehead atoms. The molecule has 2 heterocycles. The van der Waals surface area contributed by atoms with Gasteiger partial charge in [0, 0.05) is 11.8 Å². The Morgan fingerprint density at radius 1 is 1.18 bits per heavy atom. The van der Waals surface area contributed by atoms with Crippen molar-refractivity contribution < 1.29 is 4.39 Å². The molecule has 0 aliphatic carbocycles. The molecule has 1 aromatic carbocycles. The van der Waals surface area contributed by atoms with Crippen LogP contribution in [-0.2, 0) is 0 Å². The van der Waals surface area contributed by atoms with Gasteiger partial charge in [-0.1, -0.05) is 0 Å². The summed E-state index contributed by atoms with van der Waals surface area (Å²) in [6, 6.07) is 8.03. The Morgan fingerprint density at radius 3 is 2.88 bits per heavy atom. The maximum Gasteiger partial charge on any atom is 0.185 e. The van der Waals surface area contributed by atoms with Crippen molar-refractivity contribution in [2.45, 2.75) is 0 Å². The number of fused-ring (bicyclic) bond motifs is 1. The van der Waals surface area contributed by atoms with Gasteiger partial charge in [-0.2, -0.15) is 9.61 Å². The number of anilines is 1. The summed E-state index contributed by atoms with van der Waals surface area (Å²) in [7, 11) is 0. The fourth-order valence-corrected chi connectivity index (χ4v) is 1.59. The van der Waals surface area contributed by atoms with Gasteiger partial charge in [-0.25, -0.2) is 4.39 Å². The lowest BCUT2D eigenvalue weighted by Gasteiger charge is -2.00. The van der Waals surface area contributed by atoms with Crippen LogP contribution in [0.2, 0.25) is 0 Å². The van der Waals surface area contributed by atoms with Crippen LogP contribution in [-0.4, -0.2) is 19.8 Å². The molecule has 0 aliphatic heterocycles. The Hall–Kier alpha value is -2.50. The molecule has 0 aliphatic rings. The summed E-state index contributed by atoms with van der Waals surface area (Å²) >= 11 is 0. The lowest BCUT2D eigenvalue weighted by atomic mass is 10.2. The molecule has 0 fully saturated rings. The Bertz CT molecular complexity index is 691. The van der Waals surface area contributed by atoms with Crippen molar-refractivity contribution in [2.24, 2.45) is 0 Å². The van der Waals surface area contributed by atoms with Crippen LogP contribution in [0.5, 0.6) is 0 Å². The van der Waals surface area contributed by atoms with Crippen molar-refractivity contribution in [3.8, 4) is 11.4 Å². The van der Waals surface area contributed by atoms with Gasteiger partial charge in [0.15, 0.2) is 11.5 Å². The number of hydrogen-bond acceptors (Lipinski definition) is 4. The first-order chi connectivity index (χ1) is 8.25. The average Bonchev–Trinajstić information content (AvgIpc) is 2.76. The number of aromatic nitrogens is 4. The molecule has 6 heteroatoms. The highest BCUT2D eigenvalue weighted by atomic mass is 19.1.